The Bertz CT molecular complexity index is 1140. The third-order valence-corrected chi connectivity index (χ3v) is 6.07. The molecule has 0 unspecified atom stereocenters. The Kier molecular flexibility index (Phi) is 9.26. The third kappa shape index (κ3) is 7.07. The predicted octanol–water partition coefficient (Wildman–Crippen LogP) is 4.43. The summed E-state index contributed by atoms with van der Waals surface area (Å²) in [6.07, 6.45) is 0.586. The summed E-state index contributed by atoms with van der Waals surface area (Å²) in [6.45, 7) is 6.32. The molecule has 0 fully saturated rings. The quantitative estimate of drug-likeness (QED) is 0.470. The van der Waals surface area contributed by atoms with Crippen LogP contribution in [0.2, 0.25) is 0 Å². The number of rotatable bonds is 10. The van der Waals surface area contributed by atoms with Gasteiger partial charge in [-0.2, -0.15) is 5.10 Å². The van der Waals surface area contributed by atoms with Gasteiger partial charge < -0.3 is 19.1 Å². The summed E-state index contributed by atoms with van der Waals surface area (Å²) >= 11 is 0. The van der Waals surface area contributed by atoms with Gasteiger partial charge in [0.05, 0.1) is 32.6 Å². The molecule has 1 heterocycles. The Morgan fingerprint density at radius 2 is 1.78 bits per heavy atom. The van der Waals surface area contributed by atoms with E-state index >= 15 is 0 Å². The summed E-state index contributed by atoms with van der Waals surface area (Å²) in [4.78, 5) is 28.2. The average Bonchev–Trinajstić information content (AvgIpc) is 3.30. The number of hydrogen-bond acceptors (Lipinski definition) is 6. The second-order valence-corrected chi connectivity index (χ2v) is 10.1. The molecule has 37 heavy (non-hydrogen) atoms. The Morgan fingerprint density at radius 1 is 1.08 bits per heavy atom. The smallest absolute Gasteiger partial charge is 0.262 e. The van der Waals surface area contributed by atoms with Crippen LogP contribution in [0.1, 0.15) is 50.8 Å². The minimum atomic E-state index is -0.510. The zero-order chi connectivity index (χ0) is 27.2. The number of hydrogen-bond donors (Lipinski definition) is 0. The molecule has 0 radical (unpaired) electrons. The normalized spacial score (nSPS) is 15.4. The number of hydrazone groups is 1. The van der Waals surface area contributed by atoms with E-state index in [9.17, 15) is 14.0 Å². The van der Waals surface area contributed by atoms with E-state index in [0.29, 0.717) is 35.8 Å². The number of methoxy groups -OCH3 is 3. The topological polar surface area (TPSA) is 80.7 Å². The van der Waals surface area contributed by atoms with E-state index in [1.165, 1.54) is 23.1 Å². The highest BCUT2D eigenvalue weighted by atomic mass is 19.1. The molecule has 200 valence electrons. The first-order valence-electron chi connectivity index (χ1n) is 12.2. The molecule has 0 aliphatic carbocycles. The first kappa shape index (κ1) is 28.1. The van der Waals surface area contributed by atoms with Gasteiger partial charge in [0, 0.05) is 32.1 Å². The van der Waals surface area contributed by atoms with Crippen molar-refractivity contribution in [3.8, 4) is 11.5 Å². The fourth-order valence-electron chi connectivity index (χ4n) is 4.21. The van der Waals surface area contributed by atoms with Gasteiger partial charge in [-0.25, -0.2) is 9.40 Å². The van der Waals surface area contributed by atoms with Crippen LogP contribution in [-0.4, -0.2) is 68.5 Å². The van der Waals surface area contributed by atoms with Gasteiger partial charge in [-0.3, -0.25) is 9.59 Å². The van der Waals surface area contributed by atoms with Crippen molar-refractivity contribution >= 4 is 17.5 Å². The number of nitrogens with zero attached hydrogens (tertiary/aromatic N) is 3. The molecule has 0 N–H and O–H groups in total. The molecule has 0 saturated carbocycles. The van der Waals surface area contributed by atoms with Gasteiger partial charge in [0.2, 0.25) is 5.91 Å². The minimum Gasteiger partial charge on any atom is -0.493 e. The lowest BCUT2D eigenvalue weighted by molar-refractivity contribution is -0.143. The van der Waals surface area contributed by atoms with Crippen LogP contribution >= 0.6 is 0 Å². The number of carbonyl (C=O) groups is 2. The van der Waals surface area contributed by atoms with E-state index in [0.717, 1.165) is 5.56 Å². The molecule has 3 rings (SSSR count). The number of amides is 2. The van der Waals surface area contributed by atoms with Crippen LogP contribution in [0.25, 0.3) is 0 Å². The van der Waals surface area contributed by atoms with Crippen LogP contribution in [0.4, 0.5) is 4.39 Å². The first-order chi connectivity index (χ1) is 17.6. The molecule has 0 aromatic heterocycles. The van der Waals surface area contributed by atoms with Crippen LogP contribution < -0.4 is 9.47 Å². The average molecular weight is 514 g/mol. The molecule has 1 aliphatic rings. The standard InChI is InChI=1S/C28H36FN3O5/c1-28(2,3)17-26(33)31(13-14-35-4)18-27(34)32-23(19-11-12-24(36-5)25(15-19)37-6)16-22(30-32)20-9-7-8-10-21(20)29/h7-12,15,23H,13-14,16-18H2,1-6H3/t23-/m0/s1. The van der Waals surface area contributed by atoms with Crippen LogP contribution in [0, 0.1) is 11.2 Å². The summed E-state index contributed by atoms with van der Waals surface area (Å²) in [6, 6.07) is 11.2. The van der Waals surface area contributed by atoms with Crippen LogP contribution in [0.3, 0.4) is 0 Å². The van der Waals surface area contributed by atoms with Crippen molar-refractivity contribution in [2.45, 2.75) is 39.7 Å². The predicted molar refractivity (Wildman–Crippen MR) is 139 cm³/mol. The van der Waals surface area contributed by atoms with Crippen molar-refractivity contribution in [2.24, 2.45) is 10.5 Å². The summed E-state index contributed by atoms with van der Waals surface area (Å²) in [5.74, 6) is 0.135. The van der Waals surface area contributed by atoms with E-state index in [2.05, 4.69) is 5.10 Å². The van der Waals surface area contributed by atoms with Crippen molar-refractivity contribution in [3.05, 3.63) is 59.4 Å². The molecule has 2 aromatic rings. The molecule has 2 amide bonds. The minimum absolute atomic E-state index is 0.141. The lowest BCUT2D eigenvalue weighted by Crippen LogP contribution is -2.43. The molecular formula is C28H36FN3O5. The maximum Gasteiger partial charge on any atom is 0.262 e. The summed E-state index contributed by atoms with van der Waals surface area (Å²) in [5.41, 5.74) is 1.31. The van der Waals surface area contributed by atoms with E-state index in [4.69, 9.17) is 14.2 Å². The van der Waals surface area contributed by atoms with Gasteiger partial charge in [-0.15, -0.1) is 0 Å². The highest BCUT2D eigenvalue weighted by Crippen LogP contribution is 2.37. The number of benzene rings is 2. The Labute approximate surface area is 218 Å². The van der Waals surface area contributed by atoms with Crippen LogP contribution in [0.15, 0.2) is 47.6 Å². The molecule has 9 heteroatoms. The van der Waals surface area contributed by atoms with Crippen molar-refractivity contribution in [2.75, 3.05) is 41.0 Å². The largest absolute Gasteiger partial charge is 0.493 e. The number of halogens is 1. The van der Waals surface area contributed by atoms with Crippen molar-refractivity contribution < 1.29 is 28.2 Å². The summed E-state index contributed by atoms with van der Waals surface area (Å²) in [7, 11) is 4.63. The highest BCUT2D eigenvalue weighted by Gasteiger charge is 2.36. The number of ether oxygens (including phenoxy) is 3. The van der Waals surface area contributed by atoms with Gasteiger partial charge in [-0.05, 0) is 29.2 Å². The second-order valence-electron chi connectivity index (χ2n) is 10.1. The van der Waals surface area contributed by atoms with Crippen molar-refractivity contribution in [1.82, 2.24) is 9.91 Å². The van der Waals surface area contributed by atoms with E-state index in [-0.39, 0.29) is 36.7 Å². The highest BCUT2D eigenvalue weighted by molar-refractivity contribution is 6.03. The molecular weight excluding hydrogens is 477 g/mol. The maximum absolute atomic E-state index is 14.6. The summed E-state index contributed by atoms with van der Waals surface area (Å²) in [5, 5.41) is 5.92. The van der Waals surface area contributed by atoms with Crippen LogP contribution in [-0.2, 0) is 14.3 Å². The van der Waals surface area contributed by atoms with Crippen LogP contribution in [0.5, 0.6) is 11.5 Å². The van der Waals surface area contributed by atoms with Gasteiger partial charge in [0.15, 0.2) is 11.5 Å². The molecule has 8 nitrogen and oxygen atoms in total. The van der Waals surface area contributed by atoms with Crippen molar-refractivity contribution in [3.63, 3.8) is 0 Å². The molecule has 2 aromatic carbocycles. The SMILES string of the molecule is COCCN(CC(=O)N1N=C(c2ccccc2F)C[C@H]1c1ccc(OC)c(OC)c1)C(=O)CC(C)(C)C. The Morgan fingerprint density at radius 3 is 2.41 bits per heavy atom. The van der Waals surface area contributed by atoms with Gasteiger partial charge in [0.1, 0.15) is 12.4 Å². The van der Waals surface area contributed by atoms with E-state index < -0.39 is 11.9 Å². The zero-order valence-corrected chi connectivity index (χ0v) is 22.4. The lowest BCUT2D eigenvalue weighted by atomic mass is 9.91. The molecule has 0 saturated heterocycles. The second kappa shape index (κ2) is 12.2. The van der Waals surface area contributed by atoms with Gasteiger partial charge >= 0.3 is 0 Å². The molecule has 0 spiro atoms. The third-order valence-electron chi connectivity index (χ3n) is 6.07. The lowest BCUT2D eigenvalue weighted by Gasteiger charge is -2.29. The summed E-state index contributed by atoms with van der Waals surface area (Å²) < 4.78 is 30.6. The van der Waals surface area contributed by atoms with E-state index in [1.54, 1.807) is 44.6 Å². The Balaban J connectivity index is 1.96. The first-order valence-corrected chi connectivity index (χ1v) is 12.2. The number of carbonyl (C=O) groups excluding carboxylic acids is 2. The Hall–Kier alpha value is -3.46. The monoisotopic (exact) mass is 513 g/mol. The van der Waals surface area contributed by atoms with E-state index in [1.807, 2.05) is 26.8 Å². The van der Waals surface area contributed by atoms with Gasteiger partial charge in [-0.1, -0.05) is 45.0 Å². The zero-order valence-electron chi connectivity index (χ0n) is 22.4. The van der Waals surface area contributed by atoms with Gasteiger partial charge in [0.25, 0.3) is 5.91 Å². The van der Waals surface area contributed by atoms with Crippen molar-refractivity contribution in [1.29, 1.82) is 0 Å². The molecule has 1 aliphatic heterocycles. The maximum atomic E-state index is 14.6. The molecule has 1 atom stereocenters. The molecule has 0 bridgehead atoms. The fourth-order valence-corrected chi connectivity index (χ4v) is 4.21. The fraction of sp³-hybridized carbons (Fsp3) is 0.464.